The molecule has 0 radical (unpaired) electrons. The first kappa shape index (κ1) is 9.04. The molecule has 0 bridgehead atoms. The van der Waals surface area contributed by atoms with Crippen LogP contribution in [0.4, 0.5) is 0 Å². The molecule has 0 saturated carbocycles. The van der Waals surface area contributed by atoms with Crippen molar-refractivity contribution in [2.75, 3.05) is 6.26 Å². The Labute approximate surface area is 63.6 Å². The topological polar surface area (TPSA) is 29.4 Å². The van der Waals surface area contributed by atoms with Gasteiger partial charge >= 0.3 is 0 Å². The maximum Gasteiger partial charge on any atom is 0.208 e. The minimum Gasteiger partial charge on any atom is -0.286 e. The van der Waals surface area contributed by atoms with Crippen LogP contribution in [-0.4, -0.2) is 16.4 Å². The van der Waals surface area contributed by atoms with Crippen molar-refractivity contribution in [3.63, 3.8) is 0 Å². The number of carbonyl (C=O) groups is 1. The highest BCUT2D eigenvalue weighted by Gasteiger charge is 1.90. The molecule has 9 heavy (non-hydrogen) atoms. The molecule has 0 rings (SSSR count). The van der Waals surface area contributed by atoms with Crippen LogP contribution in [0.15, 0.2) is 4.40 Å². The maximum atomic E-state index is 10.3. The van der Waals surface area contributed by atoms with E-state index >= 15 is 0 Å². The summed E-state index contributed by atoms with van der Waals surface area (Å²) in [4.78, 5) is 10.3. The van der Waals surface area contributed by atoms with Gasteiger partial charge < -0.3 is 0 Å². The summed E-state index contributed by atoms with van der Waals surface area (Å²) in [6.45, 7) is 3.38. The predicted octanol–water partition coefficient (Wildman–Crippen LogP) is 1.96. The lowest BCUT2D eigenvalue weighted by atomic mass is 10.9. The Bertz CT molecular complexity index is 133. The van der Waals surface area contributed by atoms with Crippen LogP contribution in [0.3, 0.4) is 0 Å². The molecule has 0 N–H and O–H groups in total. The van der Waals surface area contributed by atoms with Gasteiger partial charge in [0.25, 0.3) is 0 Å². The van der Waals surface area contributed by atoms with Crippen LogP contribution in [-0.2, 0) is 4.79 Å². The average molecular weight is 163 g/mol. The van der Waals surface area contributed by atoms with Crippen molar-refractivity contribution in [3.05, 3.63) is 0 Å². The fraction of sp³-hybridized carbons (Fsp3) is 0.600. The van der Waals surface area contributed by atoms with E-state index in [9.17, 15) is 4.79 Å². The molecule has 0 aliphatic heterocycles. The zero-order valence-corrected chi connectivity index (χ0v) is 7.30. The van der Waals surface area contributed by atoms with Crippen LogP contribution >= 0.6 is 23.7 Å². The van der Waals surface area contributed by atoms with Crippen molar-refractivity contribution < 1.29 is 4.79 Å². The number of rotatable bonds is 1. The summed E-state index contributed by atoms with van der Waals surface area (Å²) in [6.07, 6.45) is 1.93. The van der Waals surface area contributed by atoms with Crippen molar-refractivity contribution >= 4 is 33.9 Å². The van der Waals surface area contributed by atoms with E-state index in [1.165, 1.54) is 6.92 Å². The van der Waals surface area contributed by atoms with Crippen LogP contribution in [0, 0.1) is 0 Å². The largest absolute Gasteiger partial charge is 0.286 e. The van der Waals surface area contributed by atoms with Gasteiger partial charge in [0.2, 0.25) is 5.12 Å². The first-order valence-electron chi connectivity index (χ1n) is 2.43. The summed E-state index contributed by atoms with van der Waals surface area (Å²) in [7, 11) is 0. The van der Waals surface area contributed by atoms with Gasteiger partial charge in [-0.15, -0.1) is 11.8 Å². The van der Waals surface area contributed by atoms with E-state index in [2.05, 4.69) is 4.40 Å². The summed E-state index contributed by atoms with van der Waals surface area (Å²) in [5, 5.41) is 0.957. The number of hydrogen-bond donors (Lipinski definition) is 0. The fourth-order valence-corrected chi connectivity index (χ4v) is 0.833. The molecule has 2 nitrogen and oxygen atoms in total. The lowest BCUT2D eigenvalue weighted by Crippen LogP contribution is -1.81. The van der Waals surface area contributed by atoms with Gasteiger partial charge in [0.1, 0.15) is 0 Å². The Morgan fingerprint density at radius 1 is 1.44 bits per heavy atom. The molecule has 0 unspecified atom stereocenters. The van der Waals surface area contributed by atoms with Gasteiger partial charge in [0.15, 0.2) is 0 Å². The normalized spacial score (nSPS) is 11.7. The van der Waals surface area contributed by atoms with E-state index in [4.69, 9.17) is 0 Å². The van der Waals surface area contributed by atoms with Gasteiger partial charge in [-0.05, 0) is 13.2 Å². The third-order valence-electron chi connectivity index (χ3n) is 0.598. The molecule has 0 fully saturated rings. The van der Waals surface area contributed by atoms with Gasteiger partial charge in [0, 0.05) is 18.9 Å². The first-order valence-corrected chi connectivity index (χ1v) is 4.42. The molecule has 0 saturated heterocycles. The third-order valence-corrected chi connectivity index (χ3v) is 2.02. The highest BCUT2D eigenvalue weighted by Crippen LogP contribution is 2.07. The van der Waals surface area contributed by atoms with Gasteiger partial charge in [-0.3, -0.25) is 4.79 Å². The standard InChI is InChI=1S/C5H9NOS2/c1-4(8-3)6-9-5(2)7/h1-3H3. The Balaban J connectivity index is 3.56. The van der Waals surface area contributed by atoms with Crippen LogP contribution in [0.2, 0.25) is 0 Å². The first-order chi connectivity index (χ1) is 4.16. The number of nitrogens with zero attached hydrogens (tertiary/aromatic N) is 1. The van der Waals surface area contributed by atoms with Crippen LogP contribution < -0.4 is 0 Å². The zero-order valence-electron chi connectivity index (χ0n) is 5.67. The smallest absolute Gasteiger partial charge is 0.208 e. The molecule has 0 aliphatic carbocycles. The molecule has 0 aromatic rings. The van der Waals surface area contributed by atoms with Gasteiger partial charge in [0.05, 0.1) is 5.04 Å². The molecule has 0 aromatic heterocycles. The van der Waals surface area contributed by atoms with Gasteiger partial charge in [-0.2, -0.15) is 0 Å². The molecular weight excluding hydrogens is 154 g/mol. The fourth-order valence-electron chi connectivity index (χ4n) is 0.166. The molecule has 0 amide bonds. The Kier molecular flexibility index (Phi) is 4.90. The second-order valence-corrected chi connectivity index (χ2v) is 3.34. The summed E-state index contributed by atoms with van der Waals surface area (Å²) in [5.41, 5.74) is 0. The van der Waals surface area contributed by atoms with Crippen LogP contribution in [0.25, 0.3) is 0 Å². The Morgan fingerprint density at radius 3 is 2.33 bits per heavy atom. The third kappa shape index (κ3) is 5.92. The van der Waals surface area contributed by atoms with Crippen molar-refractivity contribution in [1.82, 2.24) is 0 Å². The molecule has 0 heterocycles. The predicted molar refractivity (Wildman–Crippen MR) is 44.9 cm³/mol. The molecule has 0 aromatic carbocycles. The van der Waals surface area contributed by atoms with Crippen molar-refractivity contribution in [1.29, 1.82) is 0 Å². The second kappa shape index (κ2) is 4.88. The van der Waals surface area contributed by atoms with Crippen molar-refractivity contribution in [2.45, 2.75) is 13.8 Å². The summed E-state index contributed by atoms with van der Waals surface area (Å²) < 4.78 is 3.89. The monoisotopic (exact) mass is 163 g/mol. The quantitative estimate of drug-likeness (QED) is 0.336. The van der Waals surface area contributed by atoms with E-state index in [-0.39, 0.29) is 5.12 Å². The SMILES string of the molecule is CSC(C)=NSC(C)=O. The minimum absolute atomic E-state index is 0.0309. The minimum atomic E-state index is 0.0309. The Hall–Kier alpha value is 0.0400. The molecule has 0 spiro atoms. The van der Waals surface area contributed by atoms with Crippen LogP contribution in [0.1, 0.15) is 13.8 Å². The lowest BCUT2D eigenvalue weighted by molar-refractivity contribution is -0.109. The van der Waals surface area contributed by atoms with E-state index in [0.717, 1.165) is 17.0 Å². The second-order valence-electron chi connectivity index (χ2n) is 1.40. The van der Waals surface area contributed by atoms with Gasteiger partial charge in [-0.1, -0.05) is 0 Å². The Morgan fingerprint density at radius 2 is 2.00 bits per heavy atom. The zero-order chi connectivity index (χ0) is 7.28. The highest BCUT2D eigenvalue weighted by molar-refractivity contribution is 8.16. The van der Waals surface area contributed by atoms with Crippen molar-refractivity contribution in [2.24, 2.45) is 4.40 Å². The molecule has 4 heteroatoms. The molecule has 0 atom stereocenters. The lowest BCUT2D eigenvalue weighted by Gasteiger charge is -1.89. The van der Waals surface area contributed by atoms with Crippen molar-refractivity contribution in [3.8, 4) is 0 Å². The summed E-state index contributed by atoms with van der Waals surface area (Å²) >= 11 is 2.54. The van der Waals surface area contributed by atoms with E-state index in [1.54, 1.807) is 11.8 Å². The molecule has 52 valence electrons. The summed E-state index contributed by atoms with van der Waals surface area (Å²) in [6, 6.07) is 0. The summed E-state index contributed by atoms with van der Waals surface area (Å²) in [5.74, 6) is 0. The van der Waals surface area contributed by atoms with Gasteiger partial charge in [-0.25, -0.2) is 4.40 Å². The highest BCUT2D eigenvalue weighted by atomic mass is 32.2. The van der Waals surface area contributed by atoms with Crippen LogP contribution in [0.5, 0.6) is 0 Å². The van der Waals surface area contributed by atoms with E-state index in [0.29, 0.717) is 0 Å². The molecule has 0 aliphatic rings. The van der Waals surface area contributed by atoms with E-state index < -0.39 is 0 Å². The van der Waals surface area contributed by atoms with E-state index in [1.807, 2.05) is 13.2 Å². The number of thioether (sulfide) groups is 1. The maximum absolute atomic E-state index is 10.3. The number of hydrogen-bond acceptors (Lipinski definition) is 4. The average Bonchev–Trinajstić information content (AvgIpc) is 1.83. The number of carbonyl (C=O) groups excluding carboxylic acids is 1. The molecular formula is C5H9NOS2.